The van der Waals surface area contributed by atoms with Gasteiger partial charge in [0.1, 0.15) is 5.01 Å². The largest absolute Gasteiger partial charge is 0.419 e. The van der Waals surface area contributed by atoms with Crippen LogP contribution in [0.2, 0.25) is 0 Å². The van der Waals surface area contributed by atoms with Crippen LogP contribution in [0, 0.1) is 10.1 Å². The fraction of sp³-hybridized carbons (Fsp3) is 0.444. The number of hydrogen-bond acceptors (Lipinski definition) is 8. The molecule has 0 saturated heterocycles. The van der Waals surface area contributed by atoms with Gasteiger partial charge in [-0.25, -0.2) is 4.79 Å². The summed E-state index contributed by atoms with van der Waals surface area (Å²) in [4.78, 5) is 34.4. The van der Waals surface area contributed by atoms with Gasteiger partial charge >= 0.3 is 5.76 Å². The average Bonchev–Trinajstić information content (AvgIpc) is 3.25. The maximum atomic E-state index is 12.1. The monoisotopic (exact) mass is 419 g/mol. The number of anilines is 1. The molecule has 0 bridgehead atoms. The zero-order valence-corrected chi connectivity index (χ0v) is 16.7. The van der Waals surface area contributed by atoms with Crippen LogP contribution in [0.1, 0.15) is 44.0 Å². The van der Waals surface area contributed by atoms with Crippen LogP contribution in [0.5, 0.6) is 0 Å². The molecule has 154 valence electrons. The number of unbranched alkanes of at least 4 members (excludes halogenated alkanes) is 2. The van der Waals surface area contributed by atoms with Crippen molar-refractivity contribution in [1.29, 1.82) is 0 Å². The van der Waals surface area contributed by atoms with Crippen LogP contribution in [-0.2, 0) is 17.8 Å². The predicted octanol–water partition coefficient (Wildman–Crippen LogP) is 3.51. The highest BCUT2D eigenvalue weighted by atomic mass is 32.1. The zero-order valence-electron chi connectivity index (χ0n) is 15.9. The number of nitrogens with one attached hydrogen (secondary N) is 1. The lowest BCUT2D eigenvalue weighted by Crippen LogP contribution is -2.17. The van der Waals surface area contributed by atoms with E-state index in [1.54, 1.807) is 0 Å². The number of non-ortho nitro benzene ring substituents is 1. The molecule has 10 nitrogen and oxygen atoms in total. The molecule has 0 atom stereocenters. The smallest absolute Gasteiger partial charge is 0.407 e. The summed E-state index contributed by atoms with van der Waals surface area (Å²) in [6.45, 7) is 2.39. The molecule has 1 N–H and O–H groups in total. The van der Waals surface area contributed by atoms with Crippen LogP contribution in [0.25, 0.3) is 11.1 Å². The SMILES string of the molecule is CCCCCc1nnc(NC(=O)CCCn2c(=O)oc3cc([N+](=O)[O-])ccc32)s1. The Morgan fingerprint density at radius 3 is 2.90 bits per heavy atom. The first-order valence-corrected chi connectivity index (χ1v) is 10.2. The molecule has 2 aromatic heterocycles. The molecule has 2 heterocycles. The molecule has 0 spiro atoms. The highest BCUT2D eigenvalue weighted by Crippen LogP contribution is 2.21. The summed E-state index contributed by atoms with van der Waals surface area (Å²) in [7, 11) is 0. The second-order valence-corrected chi connectivity index (χ2v) is 7.60. The number of amides is 1. The molecule has 0 saturated carbocycles. The molecule has 1 aromatic carbocycles. The summed E-state index contributed by atoms with van der Waals surface area (Å²) in [6.07, 6.45) is 4.77. The van der Waals surface area contributed by atoms with Crippen molar-refractivity contribution in [3.63, 3.8) is 0 Å². The van der Waals surface area contributed by atoms with Gasteiger partial charge in [-0.15, -0.1) is 10.2 Å². The molecule has 0 fully saturated rings. The Balaban J connectivity index is 1.53. The number of carbonyl (C=O) groups excluding carboxylic acids is 1. The predicted molar refractivity (Wildman–Crippen MR) is 108 cm³/mol. The van der Waals surface area contributed by atoms with E-state index in [0.717, 1.165) is 30.7 Å². The number of nitro benzene ring substituents is 1. The number of oxazole rings is 1. The van der Waals surface area contributed by atoms with Crippen molar-refractivity contribution < 1.29 is 14.1 Å². The van der Waals surface area contributed by atoms with E-state index in [9.17, 15) is 19.7 Å². The first-order chi connectivity index (χ1) is 14.0. The highest BCUT2D eigenvalue weighted by Gasteiger charge is 2.14. The molecule has 29 heavy (non-hydrogen) atoms. The second kappa shape index (κ2) is 9.41. The Morgan fingerprint density at radius 2 is 2.14 bits per heavy atom. The summed E-state index contributed by atoms with van der Waals surface area (Å²) < 4.78 is 6.44. The third kappa shape index (κ3) is 5.25. The number of rotatable bonds is 10. The third-order valence-electron chi connectivity index (χ3n) is 4.36. The van der Waals surface area contributed by atoms with E-state index in [1.165, 1.54) is 34.1 Å². The summed E-state index contributed by atoms with van der Waals surface area (Å²) in [6, 6.07) is 4.00. The first kappa shape index (κ1) is 20.6. The molecule has 1 amide bonds. The number of aryl methyl sites for hydroxylation is 2. The van der Waals surface area contributed by atoms with Crippen molar-refractivity contribution in [3.8, 4) is 0 Å². The van der Waals surface area contributed by atoms with Crippen LogP contribution in [0.3, 0.4) is 0 Å². The van der Waals surface area contributed by atoms with Crippen molar-refractivity contribution in [3.05, 3.63) is 43.9 Å². The van der Waals surface area contributed by atoms with Crippen molar-refractivity contribution in [2.45, 2.75) is 52.0 Å². The van der Waals surface area contributed by atoms with Crippen LogP contribution >= 0.6 is 11.3 Å². The van der Waals surface area contributed by atoms with Gasteiger partial charge in [0, 0.05) is 25.5 Å². The van der Waals surface area contributed by atoms with Gasteiger partial charge in [0.05, 0.1) is 16.5 Å². The minimum Gasteiger partial charge on any atom is -0.407 e. The lowest BCUT2D eigenvalue weighted by molar-refractivity contribution is -0.384. The molecule has 0 aliphatic carbocycles. The molecular weight excluding hydrogens is 398 g/mol. The van der Waals surface area contributed by atoms with E-state index in [2.05, 4.69) is 22.4 Å². The van der Waals surface area contributed by atoms with Gasteiger partial charge in [-0.05, 0) is 18.9 Å². The molecular formula is C18H21N5O5S. The first-order valence-electron chi connectivity index (χ1n) is 9.38. The van der Waals surface area contributed by atoms with Gasteiger partial charge < -0.3 is 9.73 Å². The summed E-state index contributed by atoms with van der Waals surface area (Å²) in [5.41, 5.74) is 0.462. The number of aromatic nitrogens is 3. The number of nitrogens with zero attached hydrogens (tertiary/aromatic N) is 4. The van der Waals surface area contributed by atoms with Crippen LogP contribution in [-0.4, -0.2) is 25.6 Å². The van der Waals surface area contributed by atoms with Crippen molar-refractivity contribution in [1.82, 2.24) is 14.8 Å². The number of carbonyl (C=O) groups is 1. The zero-order chi connectivity index (χ0) is 20.8. The van der Waals surface area contributed by atoms with E-state index < -0.39 is 10.7 Å². The van der Waals surface area contributed by atoms with Crippen molar-refractivity contribution >= 4 is 39.2 Å². The molecule has 11 heteroatoms. The summed E-state index contributed by atoms with van der Waals surface area (Å²) in [5.74, 6) is -0.820. The highest BCUT2D eigenvalue weighted by molar-refractivity contribution is 7.15. The number of nitro groups is 1. The minimum absolute atomic E-state index is 0.149. The molecule has 0 radical (unpaired) electrons. The maximum Gasteiger partial charge on any atom is 0.419 e. The Morgan fingerprint density at radius 1 is 1.31 bits per heavy atom. The van der Waals surface area contributed by atoms with Gasteiger partial charge in [-0.2, -0.15) is 0 Å². The normalized spacial score (nSPS) is 11.1. The Hall–Kier alpha value is -3.08. The molecule has 0 aliphatic heterocycles. The van der Waals surface area contributed by atoms with Gasteiger partial charge in [0.2, 0.25) is 11.0 Å². The second-order valence-electron chi connectivity index (χ2n) is 6.54. The van der Waals surface area contributed by atoms with E-state index >= 15 is 0 Å². The minimum atomic E-state index is -0.609. The Labute approximate surface area is 169 Å². The fourth-order valence-electron chi connectivity index (χ4n) is 2.89. The van der Waals surface area contributed by atoms with Crippen LogP contribution < -0.4 is 11.1 Å². The maximum absolute atomic E-state index is 12.1. The summed E-state index contributed by atoms with van der Waals surface area (Å²) in [5, 5.41) is 23.0. The fourth-order valence-corrected chi connectivity index (χ4v) is 3.69. The van der Waals surface area contributed by atoms with Gasteiger partial charge in [0.25, 0.3) is 5.69 Å². The molecule has 0 unspecified atom stereocenters. The Kier molecular flexibility index (Phi) is 6.70. The number of hydrogen-bond donors (Lipinski definition) is 1. The van der Waals surface area contributed by atoms with E-state index in [4.69, 9.17) is 4.42 Å². The van der Waals surface area contributed by atoms with Crippen LogP contribution in [0.4, 0.5) is 10.8 Å². The van der Waals surface area contributed by atoms with Crippen LogP contribution in [0.15, 0.2) is 27.4 Å². The van der Waals surface area contributed by atoms with Crippen molar-refractivity contribution in [2.75, 3.05) is 5.32 Å². The van der Waals surface area contributed by atoms with E-state index in [0.29, 0.717) is 17.1 Å². The van der Waals surface area contributed by atoms with Gasteiger partial charge in [-0.1, -0.05) is 31.1 Å². The van der Waals surface area contributed by atoms with Gasteiger partial charge in [-0.3, -0.25) is 19.5 Å². The molecule has 3 rings (SSSR count). The quantitative estimate of drug-likeness (QED) is 0.302. The number of benzene rings is 1. The lowest BCUT2D eigenvalue weighted by Gasteiger charge is -2.03. The van der Waals surface area contributed by atoms with Crippen molar-refractivity contribution in [2.24, 2.45) is 0 Å². The summed E-state index contributed by atoms with van der Waals surface area (Å²) >= 11 is 1.37. The standard InChI is InChI=1S/C18H21N5O5S/c1-2-3-4-7-16-20-21-17(29-16)19-15(24)6-5-10-22-13-9-8-12(23(26)27)11-14(13)28-18(22)25/h8-9,11H,2-7,10H2,1H3,(H,19,21,24). The van der Waals surface area contributed by atoms with E-state index in [-0.39, 0.29) is 30.1 Å². The number of fused-ring (bicyclic) bond motifs is 1. The van der Waals surface area contributed by atoms with E-state index in [1.807, 2.05) is 0 Å². The Bertz CT molecular complexity index is 1070. The lowest BCUT2D eigenvalue weighted by atomic mass is 10.2. The topological polar surface area (TPSA) is 133 Å². The van der Waals surface area contributed by atoms with Gasteiger partial charge in [0.15, 0.2) is 5.58 Å². The third-order valence-corrected chi connectivity index (χ3v) is 5.25. The molecule has 3 aromatic rings. The average molecular weight is 419 g/mol. The molecule has 0 aliphatic rings.